The fraction of sp³-hybridized carbons (Fsp3) is 0.381. The van der Waals surface area contributed by atoms with Gasteiger partial charge in [0.2, 0.25) is 11.7 Å². The molecule has 1 amide bonds. The Kier molecular flexibility index (Phi) is 7.02. The van der Waals surface area contributed by atoms with E-state index in [1.165, 1.54) is 0 Å². The van der Waals surface area contributed by atoms with Gasteiger partial charge in [-0.3, -0.25) is 9.59 Å². The first-order valence-corrected chi connectivity index (χ1v) is 9.51. The number of aryl methyl sites for hydroxylation is 1. The molecular weight excluding hydrogens is 380 g/mol. The molecule has 0 aliphatic heterocycles. The Morgan fingerprint density at radius 1 is 1.21 bits per heavy atom. The number of aromatic nitrogens is 1. The van der Waals surface area contributed by atoms with Gasteiger partial charge in [-0.2, -0.15) is 0 Å². The van der Waals surface area contributed by atoms with Crippen LogP contribution in [0.4, 0.5) is 0 Å². The molecule has 1 aromatic carbocycles. The van der Waals surface area contributed by atoms with Crippen LogP contribution in [-0.2, 0) is 23.1 Å². The molecule has 2 atom stereocenters. The van der Waals surface area contributed by atoms with Crippen molar-refractivity contribution in [2.75, 3.05) is 0 Å². The third kappa shape index (κ3) is 4.81. The first kappa shape index (κ1) is 21.7. The van der Waals surface area contributed by atoms with E-state index in [2.05, 4.69) is 5.32 Å². The summed E-state index contributed by atoms with van der Waals surface area (Å²) in [6.45, 7) is 5.47. The number of carbonyl (C=O) groups is 3. The number of amides is 1. The first-order valence-electron chi connectivity index (χ1n) is 9.13. The van der Waals surface area contributed by atoms with Crippen LogP contribution in [0, 0.1) is 12.8 Å². The Balaban J connectivity index is 2.21. The van der Waals surface area contributed by atoms with Crippen molar-refractivity contribution in [1.29, 1.82) is 0 Å². The van der Waals surface area contributed by atoms with E-state index < -0.39 is 17.9 Å². The van der Waals surface area contributed by atoms with E-state index in [-0.39, 0.29) is 18.1 Å². The summed E-state index contributed by atoms with van der Waals surface area (Å²) in [6, 6.07) is 7.47. The van der Waals surface area contributed by atoms with Crippen LogP contribution < -0.4 is 5.32 Å². The molecule has 0 aliphatic carbocycles. The van der Waals surface area contributed by atoms with E-state index in [0.717, 1.165) is 5.56 Å². The molecule has 28 heavy (non-hydrogen) atoms. The molecule has 1 aromatic heterocycles. The van der Waals surface area contributed by atoms with Crippen molar-refractivity contribution in [3.8, 4) is 0 Å². The number of nitrogens with zero attached hydrogens (tertiary/aromatic N) is 1. The van der Waals surface area contributed by atoms with Crippen LogP contribution >= 0.6 is 11.6 Å². The Morgan fingerprint density at radius 2 is 1.82 bits per heavy atom. The molecule has 2 N–H and O–H groups in total. The molecule has 2 aromatic rings. The third-order valence-electron chi connectivity index (χ3n) is 4.98. The lowest BCUT2D eigenvalue weighted by molar-refractivity contribution is -0.143. The second kappa shape index (κ2) is 9.06. The largest absolute Gasteiger partial charge is 0.480 e. The van der Waals surface area contributed by atoms with Gasteiger partial charge in [0.05, 0.1) is 12.1 Å². The lowest BCUT2D eigenvalue weighted by Gasteiger charge is -2.20. The van der Waals surface area contributed by atoms with Crippen molar-refractivity contribution in [2.45, 2.75) is 39.7 Å². The zero-order valence-corrected chi connectivity index (χ0v) is 17.2. The molecule has 6 nitrogen and oxygen atoms in total. The number of carboxylic acids is 1. The highest BCUT2D eigenvalue weighted by Gasteiger charge is 2.26. The fourth-order valence-corrected chi connectivity index (χ4v) is 3.26. The number of carbonyl (C=O) groups excluding carboxylic acids is 2. The van der Waals surface area contributed by atoms with Crippen LogP contribution in [0.3, 0.4) is 0 Å². The first-order chi connectivity index (χ1) is 13.1. The molecule has 0 aliphatic rings. The Bertz CT molecular complexity index is 887. The van der Waals surface area contributed by atoms with Crippen molar-refractivity contribution < 1.29 is 19.5 Å². The van der Waals surface area contributed by atoms with Gasteiger partial charge in [-0.1, -0.05) is 31.9 Å². The van der Waals surface area contributed by atoms with Crippen molar-refractivity contribution in [2.24, 2.45) is 13.0 Å². The minimum absolute atomic E-state index is 0.00848. The maximum atomic E-state index is 12.9. The molecule has 0 bridgehead atoms. The van der Waals surface area contributed by atoms with E-state index >= 15 is 0 Å². The molecule has 7 heteroatoms. The molecule has 2 rings (SSSR count). The average molecular weight is 405 g/mol. The number of rotatable bonds is 8. The summed E-state index contributed by atoms with van der Waals surface area (Å²) in [7, 11) is 1.72. The molecule has 0 unspecified atom stereocenters. The van der Waals surface area contributed by atoms with Crippen LogP contribution in [0.15, 0.2) is 30.3 Å². The number of ketones is 1. The Morgan fingerprint density at radius 3 is 2.36 bits per heavy atom. The number of carboxylic acid groups (broad SMARTS) is 1. The number of benzene rings is 1. The maximum absolute atomic E-state index is 12.9. The summed E-state index contributed by atoms with van der Waals surface area (Å²) in [4.78, 5) is 36.7. The average Bonchev–Trinajstić information content (AvgIpc) is 2.92. The quantitative estimate of drug-likeness (QED) is 0.660. The van der Waals surface area contributed by atoms with Crippen LogP contribution in [0.5, 0.6) is 0 Å². The van der Waals surface area contributed by atoms with Gasteiger partial charge in [0, 0.05) is 23.3 Å². The second-order valence-electron chi connectivity index (χ2n) is 7.01. The molecule has 0 spiro atoms. The SMILES string of the molecule is CC[C@H](C)[C@H](NC(=O)Cc1cc(C)c(C(=O)c2ccc(Cl)cc2)n1C)C(=O)O. The molecule has 150 valence electrons. The number of hydrogen-bond donors (Lipinski definition) is 2. The number of nitrogens with one attached hydrogen (secondary N) is 1. The van der Waals surface area contributed by atoms with Crippen molar-refractivity contribution in [3.05, 3.63) is 57.9 Å². The summed E-state index contributed by atoms with van der Waals surface area (Å²) < 4.78 is 1.69. The van der Waals surface area contributed by atoms with E-state index in [9.17, 15) is 19.5 Å². The van der Waals surface area contributed by atoms with Gasteiger partial charge in [-0.25, -0.2) is 4.79 Å². The maximum Gasteiger partial charge on any atom is 0.326 e. The van der Waals surface area contributed by atoms with Crippen molar-refractivity contribution >= 4 is 29.3 Å². The Hall–Kier alpha value is -2.60. The van der Waals surface area contributed by atoms with Crippen LogP contribution in [0.1, 0.15) is 47.6 Å². The van der Waals surface area contributed by atoms with Gasteiger partial charge in [-0.05, 0) is 48.7 Å². The van der Waals surface area contributed by atoms with E-state index in [1.807, 2.05) is 13.8 Å². The zero-order chi connectivity index (χ0) is 21.0. The minimum Gasteiger partial charge on any atom is -0.480 e. The third-order valence-corrected chi connectivity index (χ3v) is 5.23. The van der Waals surface area contributed by atoms with Crippen LogP contribution in [-0.4, -0.2) is 33.4 Å². The van der Waals surface area contributed by atoms with E-state index in [0.29, 0.717) is 28.4 Å². The molecule has 0 saturated heterocycles. The molecule has 1 heterocycles. The van der Waals surface area contributed by atoms with Gasteiger partial charge in [-0.15, -0.1) is 0 Å². The molecular formula is C21H25ClN2O4. The molecule has 0 radical (unpaired) electrons. The standard InChI is InChI=1S/C21H25ClN2O4/c1-5-12(2)18(21(27)28)23-17(25)11-16-10-13(3)19(24(16)4)20(26)14-6-8-15(22)9-7-14/h6-10,12,18H,5,11H2,1-4H3,(H,23,25)(H,27,28)/t12-,18-/m0/s1. The van der Waals surface area contributed by atoms with Gasteiger partial charge in [0.25, 0.3) is 0 Å². The lowest BCUT2D eigenvalue weighted by atomic mass is 9.99. The predicted octanol–water partition coefficient (Wildman–Crippen LogP) is 3.38. The van der Waals surface area contributed by atoms with Crippen molar-refractivity contribution in [3.63, 3.8) is 0 Å². The minimum atomic E-state index is -1.05. The molecule has 0 fully saturated rings. The van der Waals surface area contributed by atoms with Gasteiger partial charge in [0.15, 0.2) is 0 Å². The highest BCUT2D eigenvalue weighted by Crippen LogP contribution is 2.20. The summed E-state index contributed by atoms with van der Waals surface area (Å²) >= 11 is 5.88. The normalized spacial score (nSPS) is 13.0. The van der Waals surface area contributed by atoms with Gasteiger partial charge < -0.3 is 15.0 Å². The summed E-state index contributed by atoms with van der Waals surface area (Å²) in [5.74, 6) is -1.78. The van der Waals surface area contributed by atoms with E-state index in [4.69, 9.17) is 11.6 Å². The Labute approximate surface area is 169 Å². The summed E-state index contributed by atoms with van der Waals surface area (Å²) in [6.07, 6.45) is 0.631. The zero-order valence-electron chi connectivity index (χ0n) is 16.5. The number of halogens is 1. The molecule has 0 saturated carbocycles. The van der Waals surface area contributed by atoms with Gasteiger partial charge in [0.1, 0.15) is 6.04 Å². The van der Waals surface area contributed by atoms with Gasteiger partial charge >= 0.3 is 5.97 Å². The smallest absolute Gasteiger partial charge is 0.326 e. The van der Waals surface area contributed by atoms with Crippen LogP contribution in [0.2, 0.25) is 5.02 Å². The van der Waals surface area contributed by atoms with E-state index in [1.54, 1.807) is 48.9 Å². The number of hydrogen-bond acceptors (Lipinski definition) is 3. The highest BCUT2D eigenvalue weighted by molar-refractivity contribution is 6.30. The topological polar surface area (TPSA) is 88.4 Å². The fourth-order valence-electron chi connectivity index (χ4n) is 3.13. The predicted molar refractivity (Wildman–Crippen MR) is 108 cm³/mol. The highest BCUT2D eigenvalue weighted by atomic mass is 35.5. The lowest BCUT2D eigenvalue weighted by Crippen LogP contribution is -2.45. The number of aliphatic carboxylic acids is 1. The summed E-state index contributed by atoms with van der Waals surface area (Å²) in [5.41, 5.74) is 2.39. The van der Waals surface area contributed by atoms with Crippen LogP contribution in [0.25, 0.3) is 0 Å². The summed E-state index contributed by atoms with van der Waals surface area (Å²) in [5, 5.41) is 12.5. The second-order valence-corrected chi connectivity index (χ2v) is 7.44. The van der Waals surface area contributed by atoms with Crippen molar-refractivity contribution in [1.82, 2.24) is 9.88 Å². The monoisotopic (exact) mass is 404 g/mol.